The number of sulfonamides is 1. The number of hydrogen-bond donors (Lipinski definition) is 2. The number of methoxy groups -OCH3 is 1. The van der Waals surface area contributed by atoms with Gasteiger partial charge < -0.3 is 14.2 Å². The van der Waals surface area contributed by atoms with Crippen molar-refractivity contribution in [1.29, 1.82) is 0 Å². The average molecular weight is 408 g/mol. The minimum absolute atomic E-state index is 0.00448. The van der Waals surface area contributed by atoms with Crippen LogP contribution in [0, 0.1) is 0 Å². The van der Waals surface area contributed by atoms with E-state index in [0.717, 1.165) is 4.31 Å². The number of rotatable bonds is 6. The highest BCUT2D eigenvalue weighted by Crippen LogP contribution is 2.27. The molecular formula is C18H20N2O7S. The molecule has 1 atom stereocenters. The van der Waals surface area contributed by atoms with Crippen LogP contribution in [-0.2, 0) is 19.6 Å². The molecule has 0 unspecified atom stereocenters. The van der Waals surface area contributed by atoms with Gasteiger partial charge in [-0.2, -0.15) is 4.31 Å². The molecule has 0 radical (unpaired) electrons. The molecule has 3 rings (SSSR count). The van der Waals surface area contributed by atoms with E-state index >= 15 is 0 Å². The van der Waals surface area contributed by atoms with E-state index in [1.807, 2.05) is 0 Å². The highest BCUT2D eigenvalue weighted by molar-refractivity contribution is 7.89. The van der Waals surface area contributed by atoms with Gasteiger partial charge in [0.2, 0.25) is 10.0 Å². The van der Waals surface area contributed by atoms with Crippen LogP contribution in [0.2, 0.25) is 0 Å². The lowest BCUT2D eigenvalue weighted by Gasteiger charge is -2.32. The summed E-state index contributed by atoms with van der Waals surface area (Å²) in [6, 6.07) is 11.7. The number of ether oxygens (including phenoxy) is 3. The third kappa shape index (κ3) is 4.25. The summed E-state index contributed by atoms with van der Waals surface area (Å²) in [5.41, 5.74) is 1.48. The second-order valence-corrected chi connectivity index (χ2v) is 7.82. The van der Waals surface area contributed by atoms with Gasteiger partial charge in [0, 0.05) is 6.54 Å². The molecule has 1 aliphatic rings. The van der Waals surface area contributed by atoms with Gasteiger partial charge in [0.1, 0.15) is 23.3 Å². The van der Waals surface area contributed by atoms with Crippen molar-refractivity contribution in [2.75, 3.05) is 26.9 Å². The summed E-state index contributed by atoms with van der Waals surface area (Å²) in [7, 11) is -2.39. The van der Waals surface area contributed by atoms with Crippen LogP contribution in [0.25, 0.3) is 0 Å². The van der Waals surface area contributed by atoms with E-state index in [9.17, 15) is 13.2 Å². The number of nitrogens with zero attached hydrogens (tertiary/aromatic N) is 1. The minimum atomic E-state index is -3.96. The third-order valence-corrected chi connectivity index (χ3v) is 6.14. The lowest BCUT2D eigenvalue weighted by atomic mass is 10.3. The molecule has 1 saturated heterocycles. The molecule has 1 fully saturated rings. The standard InChI is InChI=1S/C18H20N2O7S/c1-25-13-2-4-14(5-3-13)27-15-6-8-16(9-7-15)28(23,24)20-10-11-26-12-17(20)18(21)19-22/h2-9,17,22H,10-12H2,1H3,(H,19,21)/t17-/m1/s1. The molecular weight excluding hydrogens is 388 g/mol. The number of nitrogens with one attached hydrogen (secondary N) is 1. The number of amides is 1. The largest absolute Gasteiger partial charge is 0.497 e. The number of benzene rings is 2. The average Bonchev–Trinajstić information content (AvgIpc) is 2.74. The van der Waals surface area contributed by atoms with E-state index in [1.165, 1.54) is 29.7 Å². The normalized spacial score (nSPS) is 17.7. The van der Waals surface area contributed by atoms with E-state index in [2.05, 4.69) is 0 Å². The van der Waals surface area contributed by atoms with Crippen molar-refractivity contribution in [3.05, 3.63) is 48.5 Å². The summed E-state index contributed by atoms with van der Waals surface area (Å²) < 4.78 is 42.8. The Hall–Kier alpha value is -2.66. The van der Waals surface area contributed by atoms with Crippen molar-refractivity contribution in [3.8, 4) is 17.2 Å². The molecule has 2 N–H and O–H groups in total. The van der Waals surface area contributed by atoms with Crippen LogP contribution in [0.5, 0.6) is 17.2 Å². The van der Waals surface area contributed by atoms with Gasteiger partial charge in [0.25, 0.3) is 5.91 Å². The SMILES string of the molecule is COc1ccc(Oc2ccc(S(=O)(=O)N3CCOC[C@@H]3C(=O)NO)cc2)cc1. The van der Waals surface area contributed by atoms with E-state index in [4.69, 9.17) is 19.4 Å². The van der Waals surface area contributed by atoms with Crippen LogP contribution < -0.4 is 15.0 Å². The summed E-state index contributed by atoms with van der Waals surface area (Å²) in [6.07, 6.45) is 0. The van der Waals surface area contributed by atoms with Gasteiger partial charge in [0.15, 0.2) is 0 Å². The fourth-order valence-corrected chi connectivity index (χ4v) is 4.31. The van der Waals surface area contributed by atoms with E-state index < -0.39 is 22.0 Å². The van der Waals surface area contributed by atoms with E-state index in [-0.39, 0.29) is 24.7 Å². The van der Waals surface area contributed by atoms with Gasteiger partial charge in [-0.25, -0.2) is 13.9 Å². The van der Waals surface area contributed by atoms with Crippen molar-refractivity contribution < 1.29 is 32.6 Å². The van der Waals surface area contributed by atoms with Gasteiger partial charge in [-0.15, -0.1) is 0 Å². The van der Waals surface area contributed by atoms with Crippen molar-refractivity contribution in [2.24, 2.45) is 0 Å². The summed E-state index contributed by atoms with van der Waals surface area (Å²) in [4.78, 5) is 11.8. The first kappa shape index (κ1) is 20.1. The summed E-state index contributed by atoms with van der Waals surface area (Å²) in [5.74, 6) is 0.878. The monoisotopic (exact) mass is 408 g/mol. The van der Waals surface area contributed by atoms with Gasteiger partial charge in [0.05, 0.1) is 25.2 Å². The molecule has 1 heterocycles. The van der Waals surface area contributed by atoms with Crippen LogP contribution in [0.3, 0.4) is 0 Å². The Labute approximate surface area is 162 Å². The number of morpholine rings is 1. The summed E-state index contributed by atoms with van der Waals surface area (Å²) in [6.45, 7) is 0.0297. The molecule has 9 nitrogen and oxygen atoms in total. The maximum Gasteiger partial charge on any atom is 0.264 e. The van der Waals surface area contributed by atoms with Crippen molar-refractivity contribution in [2.45, 2.75) is 10.9 Å². The molecule has 150 valence electrons. The summed E-state index contributed by atoms with van der Waals surface area (Å²) in [5, 5.41) is 8.85. The number of carbonyl (C=O) groups is 1. The maximum atomic E-state index is 12.9. The van der Waals surface area contributed by atoms with Gasteiger partial charge in [-0.1, -0.05) is 0 Å². The molecule has 0 aromatic heterocycles. The van der Waals surface area contributed by atoms with Crippen LogP contribution in [0.4, 0.5) is 0 Å². The Morgan fingerprint density at radius 1 is 1.11 bits per heavy atom. The Balaban J connectivity index is 1.78. The Morgan fingerprint density at radius 2 is 1.68 bits per heavy atom. The second-order valence-electron chi connectivity index (χ2n) is 5.93. The Morgan fingerprint density at radius 3 is 2.25 bits per heavy atom. The fraction of sp³-hybridized carbons (Fsp3) is 0.278. The molecule has 1 aliphatic heterocycles. The highest BCUT2D eigenvalue weighted by atomic mass is 32.2. The van der Waals surface area contributed by atoms with E-state index in [1.54, 1.807) is 31.4 Å². The molecule has 2 aromatic rings. The maximum absolute atomic E-state index is 12.9. The molecule has 1 amide bonds. The number of hydrogen-bond acceptors (Lipinski definition) is 7. The Bertz CT molecular complexity index is 914. The smallest absolute Gasteiger partial charge is 0.264 e. The zero-order chi connectivity index (χ0) is 20.1. The molecule has 0 aliphatic carbocycles. The second kappa shape index (κ2) is 8.57. The first-order valence-corrected chi connectivity index (χ1v) is 9.85. The van der Waals surface area contributed by atoms with Crippen LogP contribution in [0.15, 0.2) is 53.4 Å². The quantitative estimate of drug-likeness (QED) is 0.548. The lowest BCUT2D eigenvalue weighted by Crippen LogP contribution is -2.55. The van der Waals surface area contributed by atoms with Gasteiger partial charge >= 0.3 is 0 Å². The predicted molar refractivity (Wildman–Crippen MR) is 97.9 cm³/mol. The molecule has 0 saturated carbocycles. The highest BCUT2D eigenvalue weighted by Gasteiger charge is 2.38. The first-order chi connectivity index (χ1) is 13.5. The minimum Gasteiger partial charge on any atom is -0.497 e. The van der Waals surface area contributed by atoms with Gasteiger partial charge in [-0.3, -0.25) is 10.0 Å². The fourth-order valence-electron chi connectivity index (χ4n) is 2.75. The first-order valence-electron chi connectivity index (χ1n) is 8.41. The van der Waals surface area contributed by atoms with Crippen molar-refractivity contribution in [3.63, 3.8) is 0 Å². The van der Waals surface area contributed by atoms with Crippen LogP contribution in [0.1, 0.15) is 0 Å². The van der Waals surface area contributed by atoms with Crippen molar-refractivity contribution in [1.82, 2.24) is 9.79 Å². The van der Waals surface area contributed by atoms with Crippen LogP contribution in [-0.4, -0.2) is 56.7 Å². The van der Waals surface area contributed by atoms with E-state index in [0.29, 0.717) is 17.2 Å². The topological polar surface area (TPSA) is 114 Å². The molecule has 2 aromatic carbocycles. The number of hydroxylamine groups is 1. The van der Waals surface area contributed by atoms with Crippen LogP contribution >= 0.6 is 0 Å². The van der Waals surface area contributed by atoms with Crippen molar-refractivity contribution >= 4 is 15.9 Å². The predicted octanol–water partition coefficient (Wildman–Crippen LogP) is 1.38. The molecule has 0 spiro atoms. The Kier molecular flexibility index (Phi) is 6.15. The zero-order valence-electron chi connectivity index (χ0n) is 15.1. The zero-order valence-corrected chi connectivity index (χ0v) is 15.9. The lowest BCUT2D eigenvalue weighted by molar-refractivity contribution is -0.137. The molecule has 0 bridgehead atoms. The number of carbonyl (C=O) groups excluding carboxylic acids is 1. The molecule has 28 heavy (non-hydrogen) atoms. The summed E-state index contributed by atoms with van der Waals surface area (Å²) >= 11 is 0. The molecule has 10 heteroatoms. The van der Waals surface area contributed by atoms with Gasteiger partial charge in [-0.05, 0) is 48.5 Å². The third-order valence-electron chi connectivity index (χ3n) is 4.22.